The molecule has 1 atom stereocenters. The van der Waals surface area contributed by atoms with Crippen LogP contribution in [0.25, 0.3) is 0 Å². The highest BCUT2D eigenvalue weighted by atomic mass is 35.5. The van der Waals surface area contributed by atoms with Crippen LogP contribution in [0, 0.1) is 0 Å². The molecule has 0 radical (unpaired) electrons. The Balaban J connectivity index is 1.74. The normalized spacial score (nSPS) is 11.8. The summed E-state index contributed by atoms with van der Waals surface area (Å²) >= 11 is 5.98. The Morgan fingerprint density at radius 1 is 1.16 bits per heavy atom. The first kappa shape index (κ1) is 17.0. The number of carbonyl (C=O) groups is 1. The predicted molar refractivity (Wildman–Crippen MR) is 98.3 cm³/mol. The molecule has 3 rings (SSSR count). The molecule has 0 aliphatic heterocycles. The SMILES string of the molecule is Cn1ccnc1C(NC(=O)NCc1ccccc1)c1ccc(Cl)cc1. The van der Waals surface area contributed by atoms with Crippen LogP contribution in [-0.2, 0) is 13.6 Å². The number of urea groups is 1. The maximum atomic E-state index is 12.4. The Morgan fingerprint density at radius 2 is 1.88 bits per heavy atom. The Bertz CT molecular complexity index is 830. The van der Waals surface area contributed by atoms with Gasteiger partial charge in [0.15, 0.2) is 0 Å². The molecule has 0 saturated carbocycles. The summed E-state index contributed by atoms with van der Waals surface area (Å²) in [5, 5.41) is 6.52. The van der Waals surface area contributed by atoms with Gasteiger partial charge in [-0.1, -0.05) is 54.1 Å². The predicted octanol–water partition coefficient (Wildman–Crippen LogP) is 3.66. The number of nitrogens with one attached hydrogen (secondary N) is 2. The third-order valence-corrected chi connectivity index (χ3v) is 4.14. The van der Waals surface area contributed by atoms with Crippen molar-refractivity contribution in [2.75, 3.05) is 0 Å². The van der Waals surface area contributed by atoms with Gasteiger partial charge in [-0.2, -0.15) is 0 Å². The van der Waals surface area contributed by atoms with E-state index in [1.807, 2.05) is 60.3 Å². The number of hydrogen-bond donors (Lipinski definition) is 2. The minimum atomic E-state index is -0.368. The van der Waals surface area contributed by atoms with Crippen molar-refractivity contribution in [3.05, 3.63) is 89.0 Å². The Morgan fingerprint density at radius 3 is 2.52 bits per heavy atom. The van der Waals surface area contributed by atoms with Crippen LogP contribution in [0.1, 0.15) is 23.0 Å². The van der Waals surface area contributed by atoms with Crippen molar-refractivity contribution in [1.82, 2.24) is 20.2 Å². The third-order valence-electron chi connectivity index (χ3n) is 3.89. The van der Waals surface area contributed by atoms with Gasteiger partial charge in [-0.05, 0) is 23.3 Å². The summed E-state index contributed by atoms with van der Waals surface area (Å²) in [6.07, 6.45) is 3.56. The summed E-state index contributed by atoms with van der Waals surface area (Å²) in [6, 6.07) is 16.5. The number of imidazole rings is 1. The number of nitrogens with zero attached hydrogens (tertiary/aromatic N) is 2. The summed E-state index contributed by atoms with van der Waals surface area (Å²) in [5.74, 6) is 0.747. The zero-order chi connectivity index (χ0) is 17.6. The second kappa shape index (κ2) is 7.85. The largest absolute Gasteiger partial charge is 0.336 e. The number of aromatic nitrogens is 2. The first-order chi connectivity index (χ1) is 12.1. The minimum absolute atomic E-state index is 0.258. The van der Waals surface area contributed by atoms with Gasteiger partial charge in [-0.3, -0.25) is 0 Å². The van der Waals surface area contributed by atoms with Crippen LogP contribution in [0.15, 0.2) is 67.0 Å². The minimum Gasteiger partial charge on any atom is -0.336 e. The lowest BCUT2D eigenvalue weighted by atomic mass is 10.1. The van der Waals surface area contributed by atoms with Gasteiger partial charge in [0.1, 0.15) is 11.9 Å². The number of carbonyl (C=O) groups excluding carboxylic acids is 1. The number of amides is 2. The monoisotopic (exact) mass is 354 g/mol. The fourth-order valence-electron chi connectivity index (χ4n) is 2.57. The van der Waals surface area contributed by atoms with E-state index in [9.17, 15) is 4.79 Å². The molecule has 0 spiro atoms. The molecular formula is C19H19ClN4O. The summed E-state index contributed by atoms with van der Waals surface area (Å²) in [6.45, 7) is 0.459. The van der Waals surface area contributed by atoms with Crippen molar-refractivity contribution in [2.45, 2.75) is 12.6 Å². The van der Waals surface area contributed by atoms with Gasteiger partial charge in [0.25, 0.3) is 0 Å². The Kier molecular flexibility index (Phi) is 5.36. The van der Waals surface area contributed by atoms with Gasteiger partial charge in [0, 0.05) is 31.0 Å². The third kappa shape index (κ3) is 4.39. The summed E-state index contributed by atoms with van der Waals surface area (Å²) in [5.41, 5.74) is 1.95. The average molecular weight is 355 g/mol. The van der Waals surface area contributed by atoms with Gasteiger partial charge < -0.3 is 15.2 Å². The van der Waals surface area contributed by atoms with Gasteiger partial charge in [0.05, 0.1) is 0 Å². The smallest absolute Gasteiger partial charge is 0.315 e. The maximum Gasteiger partial charge on any atom is 0.315 e. The van der Waals surface area contributed by atoms with Crippen LogP contribution < -0.4 is 10.6 Å². The number of benzene rings is 2. The zero-order valence-corrected chi connectivity index (χ0v) is 14.6. The van der Waals surface area contributed by atoms with Crippen molar-refractivity contribution < 1.29 is 4.79 Å². The second-order valence-corrected chi connectivity index (χ2v) is 6.13. The van der Waals surface area contributed by atoms with E-state index in [0.717, 1.165) is 17.0 Å². The van der Waals surface area contributed by atoms with E-state index in [0.29, 0.717) is 11.6 Å². The molecule has 0 aliphatic carbocycles. The highest BCUT2D eigenvalue weighted by Crippen LogP contribution is 2.22. The molecule has 1 aromatic heterocycles. The molecule has 1 heterocycles. The standard InChI is InChI=1S/C19H19ClN4O/c1-24-12-11-21-18(24)17(15-7-9-16(20)10-8-15)23-19(25)22-13-14-5-3-2-4-6-14/h2-12,17H,13H2,1H3,(H2,22,23,25). The molecule has 0 saturated heterocycles. The van der Waals surface area contributed by atoms with Crippen LogP contribution in [-0.4, -0.2) is 15.6 Å². The van der Waals surface area contributed by atoms with Crippen molar-refractivity contribution >= 4 is 17.6 Å². The highest BCUT2D eigenvalue weighted by Gasteiger charge is 2.20. The first-order valence-corrected chi connectivity index (χ1v) is 8.32. The summed E-state index contributed by atoms with van der Waals surface area (Å²) < 4.78 is 1.89. The summed E-state index contributed by atoms with van der Waals surface area (Å²) in [7, 11) is 1.90. The Labute approximate surface area is 151 Å². The van der Waals surface area contributed by atoms with Crippen LogP contribution in [0.4, 0.5) is 4.79 Å². The fourth-order valence-corrected chi connectivity index (χ4v) is 2.69. The van der Waals surface area contributed by atoms with Crippen LogP contribution >= 0.6 is 11.6 Å². The fraction of sp³-hybridized carbons (Fsp3) is 0.158. The van der Waals surface area contributed by atoms with Crippen molar-refractivity contribution in [2.24, 2.45) is 7.05 Å². The number of rotatable bonds is 5. The Hall–Kier alpha value is -2.79. The lowest BCUT2D eigenvalue weighted by molar-refractivity contribution is 0.237. The molecule has 0 bridgehead atoms. The zero-order valence-electron chi connectivity index (χ0n) is 13.8. The highest BCUT2D eigenvalue weighted by molar-refractivity contribution is 6.30. The topological polar surface area (TPSA) is 59.0 Å². The van der Waals surface area contributed by atoms with Crippen molar-refractivity contribution in [3.63, 3.8) is 0 Å². The van der Waals surface area contributed by atoms with E-state index in [-0.39, 0.29) is 12.1 Å². The molecule has 2 N–H and O–H groups in total. The van der Waals surface area contributed by atoms with E-state index >= 15 is 0 Å². The lowest BCUT2D eigenvalue weighted by Crippen LogP contribution is -2.38. The van der Waals surface area contributed by atoms with Gasteiger partial charge in [0.2, 0.25) is 0 Å². The summed E-state index contributed by atoms with van der Waals surface area (Å²) in [4.78, 5) is 16.8. The van der Waals surface area contributed by atoms with E-state index < -0.39 is 0 Å². The van der Waals surface area contributed by atoms with Crippen LogP contribution in [0.5, 0.6) is 0 Å². The molecular weight excluding hydrogens is 336 g/mol. The first-order valence-electron chi connectivity index (χ1n) is 7.94. The maximum absolute atomic E-state index is 12.4. The molecule has 1 unspecified atom stereocenters. The van der Waals surface area contributed by atoms with Crippen LogP contribution in [0.2, 0.25) is 5.02 Å². The molecule has 6 heteroatoms. The second-order valence-electron chi connectivity index (χ2n) is 5.69. The molecule has 25 heavy (non-hydrogen) atoms. The van der Waals surface area contributed by atoms with Crippen LogP contribution in [0.3, 0.4) is 0 Å². The number of halogens is 1. The number of aryl methyl sites for hydroxylation is 1. The quantitative estimate of drug-likeness (QED) is 0.734. The van der Waals surface area contributed by atoms with Gasteiger partial charge >= 0.3 is 6.03 Å². The molecule has 2 aromatic carbocycles. The van der Waals surface area contributed by atoms with E-state index in [4.69, 9.17) is 11.6 Å². The van der Waals surface area contributed by atoms with Gasteiger partial charge in [-0.25, -0.2) is 9.78 Å². The molecule has 3 aromatic rings. The van der Waals surface area contributed by atoms with E-state index in [2.05, 4.69) is 15.6 Å². The van der Waals surface area contributed by atoms with Crippen molar-refractivity contribution in [1.29, 1.82) is 0 Å². The van der Waals surface area contributed by atoms with Gasteiger partial charge in [-0.15, -0.1) is 0 Å². The average Bonchev–Trinajstić information content (AvgIpc) is 3.05. The van der Waals surface area contributed by atoms with E-state index in [1.165, 1.54) is 0 Å². The molecule has 0 aliphatic rings. The molecule has 5 nitrogen and oxygen atoms in total. The van der Waals surface area contributed by atoms with E-state index in [1.54, 1.807) is 18.3 Å². The van der Waals surface area contributed by atoms with Crippen molar-refractivity contribution in [3.8, 4) is 0 Å². The molecule has 128 valence electrons. The molecule has 2 amide bonds. The molecule has 0 fully saturated rings. The lowest BCUT2D eigenvalue weighted by Gasteiger charge is -2.19. The number of hydrogen-bond acceptors (Lipinski definition) is 2.